The van der Waals surface area contributed by atoms with Crippen molar-refractivity contribution in [3.05, 3.63) is 65.2 Å². The van der Waals surface area contributed by atoms with E-state index in [0.717, 1.165) is 24.1 Å². The lowest BCUT2D eigenvalue weighted by Gasteiger charge is -2.09. The first-order valence-corrected chi connectivity index (χ1v) is 5.79. The van der Waals surface area contributed by atoms with Crippen LogP contribution >= 0.6 is 0 Å². The van der Waals surface area contributed by atoms with Crippen LogP contribution in [0.25, 0.3) is 0 Å². The highest BCUT2D eigenvalue weighted by molar-refractivity contribution is 5.33. The standard InChI is InChI=1S/C15H14F2O/c1-11-9-13(16)14(17)10-15(11)18-8-7-12-5-3-2-4-6-12/h2-6,9-10H,7-8H2,1H3. The van der Waals surface area contributed by atoms with E-state index in [0.29, 0.717) is 17.9 Å². The second-order valence-electron chi connectivity index (χ2n) is 4.12. The van der Waals surface area contributed by atoms with Gasteiger partial charge in [0.25, 0.3) is 0 Å². The summed E-state index contributed by atoms with van der Waals surface area (Å²) in [4.78, 5) is 0. The topological polar surface area (TPSA) is 9.23 Å². The molecule has 1 nitrogen and oxygen atoms in total. The number of hydrogen-bond acceptors (Lipinski definition) is 1. The van der Waals surface area contributed by atoms with Crippen molar-refractivity contribution < 1.29 is 13.5 Å². The van der Waals surface area contributed by atoms with E-state index in [9.17, 15) is 8.78 Å². The summed E-state index contributed by atoms with van der Waals surface area (Å²) in [5, 5.41) is 0. The number of benzene rings is 2. The molecule has 0 aromatic heterocycles. The summed E-state index contributed by atoms with van der Waals surface area (Å²) in [6.45, 7) is 2.14. The minimum absolute atomic E-state index is 0.393. The van der Waals surface area contributed by atoms with Gasteiger partial charge in [-0.25, -0.2) is 8.78 Å². The van der Waals surface area contributed by atoms with Gasteiger partial charge in [-0.05, 0) is 24.1 Å². The number of aryl methyl sites for hydroxylation is 1. The van der Waals surface area contributed by atoms with Crippen LogP contribution in [-0.2, 0) is 6.42 Å². The second kappa shape index (κ2) is 5.63. The molecule has 0 aliphatic carbocycles. The van der Waals surface area contributed by atoms with Gasteiger partial charge in [0.1, 0.15) is 5.75 Å². The Labute approximate surface area is 105 Å². The normalized spacial score (nSPS) is 10.4. The Bertz CT molecular complexity index is 524. The maximum absolute atomic E-state index is 13.1. The van der Waals surface area contributed by atoms with Crippen molar-refractivity contribution >= 4 is 0 Å². The predicted octanol–water partition coefficient (Wildman–Crippen LogP) is 3.89. The third-order valence-electron chi connectivity index (χ3n) is 2.71. The fourth-order valence-corrected chi connectivity index (χ4v) is 1.71. The average molecular weight is 248 g/mol. The molecule has 94 valence electrons. The molecular formula is C15H14F2O. The van der Waals surface area contributed by atoms with E-state index >= 15 is 0 Å². The van der Waals surface area contributed by atoms with Gasteiger partial charge in [0.15, 0.2) is 11.6 Å². The van der Waals surface area contributed by atoms with Crippen LogP contribution in [0.2, 0.25) is 0 Å². The summed E-state index contributed by atoms with van der Waals surface area (Å²) in [5.41, 5.74) is 1.75. The van der Waals surface area contributed by atoms with Crippen LogP contribution in [0.1, 0.15) is 11.1 Å². The molecule has 0 aliphatic rings. The third kappa shape index (κ3) is 3.06. The summed E-state index contributed by atoms with van der Waals surface area (Å²) in [6.07, 6.45) is 0.735. The zero-order valence-corrected chi connectivity index (χ0v) is 10.1. The van der Waals surface area contributed by atoms with Crippen LogP contribution in [-0.4, -0.2) is 6.61 Å². The van der Waals surface area contributed by atoms with Gasteiger partial charge in [0, 0.05) is 12.5 Å². The first-order chi connectivity index (χ1) is 8.66. The lowest BCUT2D eigenvalue weighted by molar-refractivity contribution is 0.316. The van der Waals surface area contributed by atoms with Gasteiger partial charge in [0.05, 0.1) is 6.61 Å². The van der Waals surface area contributed by atoms with E-state index in [1.807, 2.05) is 30.3 Å². The molecule has 0 fully saturated rings. The quantitative estimate of drug-likeness (QED) is 0.797. The summed E-state index contributed by atoms with van der Waals surface area (Å²) in [5.74, 6) is -1.33. The second-order valence-corrected chi connectivity index (χ2v) is 4.12. The van der Waals surface area contributed by atoms with Gasteiger partial charge in [-0.2, -0.15) is 0 Å². The van der Waals surface area contributed by atoms with Gasteiger partial charge in [-0.1, -0.05) is 30.3 Å². The fraction of sp³-hybridized carbons (Fsp3) is 0.200. The minimum Gasteiger partial charge on any atom is -0.493 e. The Balaban J connectivity index is 1.97. The molecule has 0 bridgehead atoms. The van der Waals surface area contributed by atoms with Gasteiger partial charge >= 0.3 is 0 Å². The molecule has 0 unspecified atom stereocenters. The van der Waals surface area contributed by atoms with Gasteiger partial charge in [-0.15, -0.1) is 0 Å². The summed E-state index contributed by atoms with van der Waals surface area (Å²) < 4.78 is 31.4. The summed E-state index contributed by atoms with van der Waals surface area (Å²) in [7, 11) is 0. The van der Waals surface area contributed by atoms with Crippen molar-refractivity contribution in [2.75, 3.05) is 6.61 Å². The highest BCUT2D eigenvalue weighted by Gasteiger charge is 2.07. The van der Waals surface area contributed by atoms with E-state index in [-0.39, 0.29) is 0 Å². The van der Waals surface area contributed by atoms with E-state index < -0.39 is 11.6 Å². The molecular weight excluding hydrogens is 234 g/mol. The van der Waals surface area contributed by atoms with Crippen molar-refractivity contribution in [1.82, 2.24) is 0 Å². The van der Waals surface area contributed by atoms with Crippen LogP contribution in [0.5, 0.6) is 5.75 Å². The van der Waals surface area contributed by atoms with Crippen molar-refractivity contribution in [2.24, 2.45) is 0 Å². The monoisotopic (exact) mass is 248 g/mol. The summed E-state index contributed by atoms with van der Waals surface area (Å²) in [6, 6.07) is 12.1. The average Bonchev–Trinajstić information content (AvgIpc) is 2.37. The zero-order valence-electron chi connectivity index (χ0n) is 10.1. The van der Waals surface area contributed by atoms with Crippen molar-refractivity contribution in [3.63, 3.8) is 0 Å². The Morgan fingerprint density at radius 1 is 1.00 bits per heavy atom. The first-order valence-electron chi connectivity index (χ1n) is 5.79. The Kier molecular flexibility index (Phi) is 3.92. The molecule has 0 radical (unpaired) electrons. The fourth-order valence-electron chi connectivity index (χ4n) is 1.71. The van der Waals surface area contributed by atoms with Crippen LogP contribution in [0.15, 0.2) is 42.5 Å². The molecule has 2 aromatic carbocycles. The van der Waals surface area contributed by atoms with Crippen LogP contribution in [0.4, 0.5) is 8.78 Å². The molecule has 0 saturated carbocycles. The highest BCUT2D eigenvalue weighted by Crippen LogP contribution is 2.21. The smallest absolute Gasteiger partial charge is 0.162 e. The lowest BCUT2D eigenvalue weighted by Crippen LogP contribution is -2.03. The molecule has 3 heteroatoms. The molecule has 0 amide bonds. The van der Waals surface area contributed by atoms with E-state index in [1.54, 1.807) is 6.92 Å². The summed E-state index contributed by atoms with van der Waals surface area (Å²) >= 11 is 0. The number of rotatable bonds is 4. The number of halogens is 2. The maximum atomic E-state index is 13.1. The van der Waals surface area contributed by atoms with Crippen molar-refractivity contribution in [3.8, 4) is 5.75 Å². The van der Waals surface area contributed by atoms with E-state index in [1.165, 1.54) is 0 Å². The molecule has 0 spiro atoms. The van der Waals surface area contributed by atoms with E-state index in [4.69, 9.17) is 4.74 Å². The predicted molar refractivity (Wildman–Crippen MR) is 66.7 cm³/mol. The molecule has 0 saturated heterocycles. The molecule has 0 heterocycles. The van der Waals surface area contributed by atoms with Gasteiger partial charge in [0.2, 0.25) is 0 Å². The largest absolute Gasteiger partial charge is 0.493 e. The zero-order chi connectivity index (χ0) is 13.0. The Morgan fingerprint density at radius 2 is 1.67 bits per heavy atom. The molecule has 0 N–H and O–H groups in total. The Hall–Kier alpha value is -1.90. The van der Waals surface area contributed by atoms with Crippen molar-refractivity contribution in [2.45, 2.75) is 13.3 Å². The van der Waals surface area contributed by atoms with Crippen molar-refractivity contribution in [1.29, 1.82) is 0 Å². The minimum atomic E-state index is -0.879. The molecule has 0 aliphatic heterocycles. The molecule has 2 rings (SSSR count). The Morgan fingerprint density at radius 3 is 2.39 bits per heavy atom. The first kappa shape index (κ1) is 12.6. The molecule has 2 aromatic rings. The third-order valence-corrected chi connectivity index (χ3v) is 2.71. The highest BCUT2D eigenvalue weighted by atomic mass is 19.2. The van der Waals surface area contributed by atoms with Crippen LogP contribution in [0, 0.1) is 18.6 Å². The number of ether oxygens (including phenoxy) is 1. The van der Waals surface area contributed by atoms with Gasteiger partial charge < -0.3 is 4.74 Å². The SMILES string of the molecule is Cc1cc(F)c(F)cc1OCCc1ccccc1. The molecule has 0 atom stereocenters. The van der Waals surface area contributed by atoms with Crippen LogP contribution < -0.4 is 4.74 Å². The lowest BCUT2D eigenvalue weighted by atomic mass is 10.2. The molecule has 18 heavy (non-hydrogen) atoms. The van der Waals surface area contributed by atoms with Crippen LogP contribution in [0.3, 0.4) is 0 Å². The maximum Gasteiger partial charge on any atom is 0.162 e. The van der Waals surface area contributed by atoms with Gasteiger partial charge in [-0.3, -0.25) is 0 Å². The number of hydrogen-bond donors (Lipinski definition) is 0. The van der Waals surface area contributed by atoms with E-state index in [2.05, 4.69) is 0 Å².